The lowest BCUT2D eigenvalue weighted by atomic mass is 9.99. The van der Waals surface area contributed by atoms with Gasteiger partial charge in [0.2, 0.25) is 0 Å². The van der Waals surface area contributed by atoms with Crippen LogP contribution in [0.2, 0.25) is 0 Å². The van der Waals surface area contributed by atoms with E-state index in [0.29, 0.717) is 16.6 Å². The van der Waals surface area contributed by atoms with Crippen molar-refractivity contribution in [3.05, 3.63) is 162 Å². The molecular weight excluding hydrogens is 589 g/mol. The van der Waals surface area contributed by atoms with Crippen LogP contribution in [0.15, 0.2) is 152 Å². The summed E-state index contributed by atoms with van der Waals surface area (Å²) in [6.07, 6.45) is 0. The average Bonchev–Trinajstić information content (AvgIpc) is 3.77. The van der Waals surface area contributed by atoms with Gasteiger partial charge in [0.05, 0.1) is 38.8 Å². The van der Waals surface area contributed by atoms with Gasteiger partial charge in [0.25, 0.3) is 0 Å². The molecule has 10 aromatic rings. The monoisotopic (exact) mass is 613 g/mol. The Labute approximate surface area is 274 Å². The van der Waals surface area contributed by atoms with Crippen LogP contribution in [0.25, 0.3) is 87.9 Å². The summed E-state index contributed by atoms with van der Waals surface area (Å²) in [4.78, 5) is 0. The van der Waals surface area contributed by atoms with E-state index in [-0.39, 0.29) is 0 Å². The first-order valence-electron chi connectivity index (χ1n) is 16.0. The van der Waals surface area contributed by atoms with E-state index in [0.717, 1.165) is 70.8 Å². The molecule has 0 fully saturated rings. The molecule has 0 radical (unpaired) electrons. The van der Waals surface area contributed by atoms with Crippen LogP contribution in [0.5, 0.6) is 0 Å². The quantitative estimate of drug-likeness (QED) is 0.199. The minimum absolute atomic E-state index is 0.534. The molecule has 5 nitrogen and oxygen atoms in total. The lowest BCUT2D eigenvalue weighted by Gasteiger charge is -2.18. The number of nitriles is 1. The maximum Gasteiger partial charge on any atom is 0.101 e. The fourth-order valence-corrected chi connectivity index (χ4v) is 7.79. The van der Waals surface area contributed by atoms with Crippen molar-refractivity contribution in [2.75, 3.05) is 0 Å². The molecule has 3 aromatic heterocycles. The van der Waals surface area contributed by atoms with Crippen LogP contribution in [-0.2, 0) is 0 Å². The van der Waals surface area contributed by atoms with Crippen molar-refractivity contribution in [2.24, 2.45) is 0 Å². The van der Waals surface area contributed by atoms with Crippen LogP contribution in [0.4, 0.5) is 0 Å². The highest BCUT2D eigenvalue weighted by Crippen LogP contribution is 2.43. The fourth-order valence-electron chi connectivity index (χ4n) is 7.79. The van der Waals surface area contributed by atoms with Crippen molar-refractivity contribution >= 4 is 65.4 Å². The van der Waals surface area contributed by atoms with E-state index in [1.807, 2.05) is 48.5 Å². The van der Waals surface area contributed by atoms with E-state index in [2.05, 4.69) is 118 Å². The Hall–Kier alpha value is -6.77. The van der Waals surface area contributed by atoms with Crippen molar-refractivity contribution in [1.29, 1.82) is 5.26 Å². The SMILES string of the molecule is N#Cc1cccc(-c2ccc(-n3c4ccccc4c4ccccc43)cc2)c1-n1c2ccccc2c2ccc3c4ccccc4n([O-])c3c21. The Bertz CT molecular complexity index is 2920. The zero-order valence-electron chi connectivity index (χ0n) is 25.6. The predicted molar refractivity (Wildman–Crippen MR) is 197 cm³/mol. The number of nitrogens with zero attached hydrogens (tertiary/aromatic N) is 4. The van der Waals surface area contributed by atoms with Crippen LogP contribution >= 0.6 is 0 Å². The van der Waals surface area contributed by atoms with Crippen LogP contribution in [0, 0.1) is 16.5 Å². The number of hydrogen-bond donors (Lipinski definition) is 0. The van der Waals surface area contributed by atoms with Gasteiger partial charge in [0.1, 0.15) is 6.07 Å². The van der Waals surface area contributed by atoms with Crippen molar-refractivity contribution < 1.29 is 0 Å². The van der Waals surface area contributed by atoms with E-state index >= 15 is 0 Å². The zero-order valence-corrected chi connectivity index (χ0v) is 25.6. The first-order chi connectivity index (χ1) is 23.7. The van der Waals surface area contributed by atoms with Crippen molar-refractivity contribution in [1.82, 2.24) is 13.9 Å². The summed E-state index contributed by atoms with van der Waals surface area (Å²) in [6.45, 7) is 0. The van der Waals surface area contributed by atoms with Crippen molar-refractivity contribution in [3.8, 4) is 28.6 Å². The second-order valence-electron chi connectivity index (χ2n) is 12.3. The molecule has 0 saturated carbocycles. The molecule has 10 rings (SSSR count). The maximum absolute atomic E-state index is 14.0. The topological polar surface area (TPSA) is 61.6 Å². The molecule has 0 aliphatic carbocycles. The lowest BCUT2D eigenvalue weighted by Crippen LogP contribution is -2.02. The Morgan fingerprint density at radius 3 is 1.54 bits per heavy atom. The molecule has 224 valence electrons. The molecule has 5 heteroatoms. The third-order valence-corrected chi connectivity index (χ3v) is 9.82. The van der Waals surface area contributed by atoms with Gasteiger partial charge in [-0.25, -0.2) is 0 Å². The first-order valence-corrected chi connectivity index (χ1v) is 16.0. The van der Waals surface area contributed by atoms with Crippen LogP contribution in [0.3, 0.4) is 0 Å². The molecule has 0 N–H and O–H groups in total. The number of para-hydroxylation sites is 5. The Balaban J connectivity index is 1.26. The number of aromatic nitrogens is 3. The Morgan fingerprint density at radius 2 is 0.938 bits per heavy atom. The summed E-state index contributed by atoms with van der Waals surface area (Å²) in [7, 11) is 0. The van der Waals surface area contributed by atoms with E-state index < -0.39 is 0 Å². The number of benzene rings is 7. The van der Waals surface area contributed by atoms with Gasteiger partial charge in [-0.3, -0.25) is 0 Å². The standard InChI is InChI=1S/C43H25N4O/c44-26-28-10-9-15-30(27-20-22-29(23-21-27)45-37-16-5-1-11-31(37)32-12-2-6-17-38(32)45)41(28)46-39-18-7-3-13-33(39)35-24-25-36-34-14-4-8-19-40(34)47(48)43(36)42(35)46/h1-25H/q-1. The fraction of sp³-hybridized carbons (Fsp3) is 0. The molecule has 0 bridgehead atoms. The van der Waals surface area contributed by atoms with Crippen molar-refractivity contribution in [2.45, 2.75) is 0 Å². The minimum Gasteiger partial charge on any atom is -0.805 e. The van der Waals surface area contributed by atoms with Crippen LogP contribution < -0.4 is 0 Å². The highest BCUT2D eigenvalue weighted by atomic mass is 16.5. The summed E-state index contributed by atoms with van der Waals surface area (Å²) < 4.78 is 5.49. The van der Waals surface area contributed by atoms with Crippen LogP contribution in [0.1, 0.15) is 5.56 Å². The summed E-state index contributed by atoms with van der Waals surface area (Å²) in [5, 5.41) is 30.8. The second-order valence-corrected chi connectivity index (χ2v) is 12.3. The Morgan fingerprint density at radius 1 is 0.438 bits per heavy atom. The minimum atomic E-state index is 0.534. The van der Waals surface area contributed by atoms with Crippen LogP contribution in [-0.4, -0.2) is 13.9 Å². The largest absolute Gasteiger partial charge is 0.805 e. The van der Waals surface area contributed by atoms with E-state index in [9.17, 15) is 10.5 Å². The van der Waals surface area contributed by atoms with Gasteiger partial charge in [-0.15, -0.1) is 0 Å². The lowest BCUT2D eigenvalue weighted by molar-refractivity contribution is 1.15. The van der Waals surface area contributed by atoms with Gasteiger partial charge in [-0.05, 0) is 48.0 Å². The smallest absolute Gasteiger partial charge is 0.101 e. The molecule has 7 aromatic carbocycles. The van der Waals surface area contributed by atoms with Gasteiger partial charge in [0.15, 0.2) is 0 Å². The highest BCUT2D eigenvalue weighted by molar-refractivity contribution is 6.23. The molecule has 3 heterocycles. The van der Waals surface area contributed by atoms with Gasteiger partial charge >= 0.3 is 0 Å². The maximum atomic E-state index is 14.0. The molecular formula is C43H25N4O-. The third-order valence-electron chi connectivity index (χ3n) is 9.82. The van der Waals surface area contributed by atoms with Gasteiger partial charge in [-0.2, -0.15) is 5.26 Å². The first kappa shape index (κ1) is 26.4. The van der Waals surface area contributed by atoms with E-state index in [1.165, 1.54) is 10.8 Å². The molecule has 0 saturated heterocycles. The molecule has 0 aliphatic rings. The number of hydrogen-bond acceptors (Lipinski definition) is 2. The average molecular weight is 614 g/mol. The van der Waals surface area contributed by atoms with E-state index in [1.54, 1.807) is 0 Å². The van der Waals surface area contributed by atoms with E-state index in [4.69, 9.17) is 0 Å². The summed E-state index contributed by atoms with van der Waals surface area (Å²) in [5.41, 5.74) is 9.52. The Kier molecular flexibility index (Phi) is 5.43. The highest BCUT2D eigenvalue weighted by Gasteiger charge is 2.22. The molecule has 0 atom stereocenters. The summed E-state index contributed by atoms with van der Waals surface area (Å²) >= 11 is 0. The summed E-state index contributed by atoms with van der Waals surface area (Å²) in [6, 6.07) is 54.0. The number of fused-ring (bicyclic) bond motifs is 10. The molecule has 48 heavy (non-hydrogen) atoms. The predicted octanol–water partition coefficient (Wildman–Crippen LogP) is 10.9. The molecule has 0 amide bonds. The molecule has 0 spiro atoms. The normalized spacial score (nSPS) is 11.8. The molecule has 0 unspecified atom stereocenters. The number of rotatable bonds is 3. The van der Waals surface area contributed by atoms with Gasteiger partial charge in [0, 0.05) is 49.1 Å². The van der Waals surface area contributed by atoms with Crippen molar-refractivity contribution in [3.63, 3.8) is 0 Å². The third kappa shape index (κ3) is 3.49. The van der Waals surface area contributed by atoms with Gasteiger partial charge < -0.3 is 19.1 Å². The summed E-state index contributed by atoms with van der Waals surface area (Å²) in [5.74, 6) is 0. The molecule has 0 aliphatic heterocycles. The van der Waals surface area contributed by atoms with Gasteiger partial charge in [-0.1, -0.05) is 109 Å². The zero-order chi connectivity index (χ0) is 31.9. The second kappa shape index (κ2) is 9.86.